The number of hydrogen-bond donors (Lipinski definition) is 0. The molecule has 0 unspecified atom stereocenters. The van der Waals surface area contributed by atoms with Crippen LogP contribution in [0.15, 0.2) is 30.3 Å². The lowest BCUT2D eigenvalue weighted by atomic mass is 10.1. The van der Waals surface area contributed by atoms with Gasteiger partial charge in [0.15, 0.2) is 5.78 Å². The highest BCUT2D eigenvalue weighted by Gasteiger charge is 2.14. The number of aryl methyl sites for hydroxylation is 2. The average molecular weight is 298 g/mol. The summed E-state index contributed by atoms with van der Waals surface area (Å²) in [7, 11) is 1.84. The summed E-state index contributed by atoms with van der Waals surface area (Å²) in [5.74, 6) is 0.808. The molecule has 0 aliphatic rings. The second kappa shape index (κ2) is 6.60. The highest BCUT2D eigenvalue weighted by Crippen LogP contribution is 2.16. The molecule has 0 bridgehead atoms. The molecule has 0 radical (unpaired) electrons. The van der Waals surface area contributed by atoms with Crippen molar-refractivity contribution in [3.63, 3.8) is 0 Å². The molecule has 116 valence electrons. The van der Waals surface area contributed by atoms with Gasteiger partial charge in [0, 0.05) is 12.7 Å². The molecule has 0 amide bonds. The SMILES string of the molecule is Cc1nn(C)c(C)c1C(=O)C=Cc1ccc(OC(C)C)cc1. The van der Waals surface area contributed by atoms with Gasteiger partial charge in [-0.3, -0.25) is 9.48 Å². The minimum atomic E-state index is -0.0226. The van der Waals surface area contributed by atoms with E-state index in [1.165, 1.54) is 0 Å². The number of hydrogen-bond acceptors (Lipinski definition) is 3. The molecular weight excluding hydrogens is 276 g/mol. The molecular formula is C18H22N2O2. The molecule has 1 aromatic heterocycles. The van der Waals surface area contributed by atoms with Gasteiger partial charge < -0.3 is 4.74 Å². The number of benzene rings is 1. The first-order valence-electron chi connectivity index (χ1n) is 7.38. The second-order valence-corrected chi connectivity index (χ2v) is 5.60. The summed E-state index contributed by atoms with van der Waals surface area (Å²) in [5, 5.41) is 4.27. The van der Waals surface area contributed by atoms with Crippen LogP contribution in [0.3, 0.4) is 0 Å². The van der Waals surface area contributed by atoms with Crippen molar-refractivity contribution in [1.29, 1.82) is 0 Å². The van der Waals surface area contributed by atoms with E-state index in [4.69, 9.17) is 4.74 Å². The van der Waals surface area contributed by atoms with Crippen molar-refractivity contribution in [1.82, 2.24) is 9.78 Å². The first-order chi connectivity index (χ1) is 10.4. The molecule has 2 rings (SSSR count). The van der Waals surface area contributed by atoms with Gasteiger partial charge in [-0.15, -0.1) is 0 Å². The van der Waals surface area contributed by atoms with Gasteiger partial charge in [-0.1, -0.05) is 18.2 Å². The number of rotatable bonds is 5. The topological polar surface area (TPSA) is 44.1 Å². The summed E-state index contributed by atoms with van der Waals surface area (Å²) in [5.41, 5.74) is 3.28. The number of nitrogens with zero attached hydrogens (tertiary/aromatic N) is 2. The summed E-state index contributed by atoms with van der Waals surface area (Å²) in [6.45, 7) is 7.74. The number of ketones is 1. The van der Waals surface area contributed by atoms with E-state index in [0.717, 1.165) is 22.7 Å². The molecule has 1 aromatic carbocycles. The van der Waals surface area contributed by atoms with Crippen molar-refractivity contribution >= 4 is 11.9 Å². The highest BCUT2D eigenvalue weighted by atomic mass is 16.5. The normalized spacial score (nSPS) is 11.4. The third-order valence-corrected chi connectivity index (χ3v) is 3.43. The van der Waals surface area contributed by atoms with Crippen LogP contribution < -0.4 is 4.74 Å². The van der Waals surface area contributed by atoms with E-state index in [9.17, 15) is 4.79 Å². The van der Waals surface area contributed by atoms with E-state index in [1.807, 2.05) is 65.1 Å². The van der Waals surface area contributed by atoms with Gasteiger partial charge >= 0.3 is 0 Å². The van der Waals surface area contributed by atoms with Gasteiger partial charge in [0.25, 0.3) is 0 Å². The predicted octanol–water partition coefficient (Wildman–Crippen LogP) is 3.72. The molecule has 0 saturated carbocycles. The maximum atomic E-state index is 12.3. The fourth-order valence-corrected chi connectivity index (χ4v) is 2.32. The Balaban J connectivity index is 2.12. The maximum absolute atomic E-state index is 12.3. The van der Waals surface area contributed by atoms with Crippen LogP contribution in [0.2, 0.25) is 0 Å². The van der Waals surface area contributed by atoms with Crippen LogP contribution >= 0.6 is 0 Å². The van der Waals surface area contributed by atoms with Crippen LogP contribution in [0, 0.1) is 13.8 Å². The second-order valence-electron chi connectivity index (χ2n) is 5.60. The molecule has 0 aliphatic heterocycles. The fourth-order valence-electron chi connectivity index (χ4n) is 2.32. The highest BCUT2D eigenvalue weighted by molar-refractivity contribution is 6.08. The van der Waals surface area contributed by atoms with E-state index in [-0.39, 0.29) is 11.9 Å². The molecule has 0 aliphatic carbocycles. The number of ether oxygens (including phenoxy) is 1. The van der Waals surface area contributed by atoms with Crippen LogP contribution in [0.1, 0.15) is 41.2 Å². The summed E-state index contributed by atoms with van der Waals surface area (Å²) >= 11 is 0. The average Bonchev–Trinajstić information content (AvgIpc) is 2.70. The van der Waals surface area contributed by atoms with E-state index in [0.29, 0.717) is 5.56 Å². The molecule has 0 N–H and O–H groups in total. The minimum Gasteiger partial charge on any atom is -0.491 e. The summed E-state index contributed by atoms with van der Waals surface area (Å²) in [6.07, 6.45) is 3.56. The number of aromatic nitrogens is 2. The van der Waals surface area contributed by atoms with Crippen LogP contribution in [0.4, 0.5) is 0 Å². The van der Waals surface area contributed by atoms with Gasteiger partial charge in [0.2, 0.25) is 0 Å². The van der Waals surface area contributed by atoms with E-state index in [2.05, 4.69) is 5.10 Å². The lowest BCUT2D eigenvalue weighted by Crippen LogP contribution is -2.05. The fraction of sp³-hybridized carbons (Fsp3) is 0.333. The Kier molecular flexibility index (Phi) is 4.81. The standard InChI is InChI=1S/C18H22N2O2/c1-12(2)22-16-9-6-15(7-10-16)8-11-17(21)18-13(3)19-20(5)14(18)4/h6-12H,1-5H3. The van der Waals surface area contributed by atoms with E-state index >= 15 is 0 Å². The molecule has 0 atom stereocenters. The predicted molar refractivity (Wildman–Crippen MR) is 88.3 cm³/mol. The molecule has 4 heteroatoms. The Labute approximate surface area is 131 Å². The van der Waals surface area contributed by atoms with Crippen LogP contribution in [0.5, 0.6) is 5.75 Å². The number of carbonyl (C=O) groups is 1. The van der Waals surface area contributed by atoms with Gasteiger partial charge in [-0.2, -0.15) is 5.10 Å². The quantitative estimate of drug-likeness (QED) is 0.624. The summed E-state index contributed by atoms with van der Waals surface area (Å²) in [4.78, 5) is 12.3. The zero-order chi connectivity index (χ0) is 16.3. The Morgan fingerprint density at radius 2 is 1.86 bits per heavy atom. The molecule has 22 heavy (non-hydrogen) atoms. The van der Waals surface area contributed by atoms with Crippen LogP contribution in [-0.2, 0) is 7.05 Å². The third-order valence-electron chi connectivity index (χ3n) is 3.43. The Morgan fingerprint density at radius 3 is 2.36 bits per heavy atom. The first kappa shape index (κ1) is 16.0. The zero-order valence-electron chi connectivity index (χ0n) is 13.8. The third kappa shape index (κ3) is 3.64. The molecule has 2 aromatic rings. The van der Waals surface area contributed by atoms with Gasteiger partial charge in [-0.25, -0.2) is 0 Å². The van der Waals surface area contributed by atoms with Crippen LogP contribution in [-0.4, -0.2) is 21.7 Å². The largest absolute Gasteiger partial charge is 0.491 e. The first-order valence-corrected chi connectivity index (χ1v) is 7.38. The molecule has 0 fully saturated rings. The minimum absolute atomic E-state index is 0.0226. The maximum Gasteiger partial charge on any atom is 0.189 e. The van der Waals surface area contributed by atoms with Crippen molar-refractivity contribution < 1.29 is 9.53 Å². The van der Waals surface area contributed by atoms with Gasteiger partial charge in [-0.05, 0) is 51.5 Å². The van der Waals surface area contributed by atoms with Crippen molar-refractivity contribution in [2.45, 2.75) is 33.8 Å². The lowest BCUT2D eigenvalue weighted by Gasteiger charge is -2.09. The smallest absolute Gasteiger partial charge is 0.189 e. The zero-order valence-corrected chi connectivity index (χ0v) is 13.8. The summed E-state index contributed by atoms with van der Waals surface area (Å²) < 4.78 is 7.33. The summed E-state index contributed by atoms with van der Waals surface area (Å²) in [6, 6.07) is 7.68. The molecule has 0 saturated heterocycles. The molecule has 4 nitrogen and oxygen atoms in total. The van der Waals surface area contributed by atoms with Crippen molar-refractivity contribution in [2.24, 2.45) is 7.05 Å². The Hall–Kier alpha value is -2.36. The van der Waals surface area contributed by atoms with E-state index < -0.39 is 0 Å². The molecule has 1 heterocycles. The van der Waals surface area contributed by atoms with Gasteiger partial charge in [0.05, 0.1) is 17.4 Å². The van der Waals surface area contributed by atoms with E-state index in [1.54, 1.807) is 10.8 Å². The van der Waals surface area contributed by atoms with Crippen molar-refractivity contribution in [3.8, 4) is 5.75 Å². The Bertz CT molecular complexity index is 695. The van der Waals surface area contributed by atoms with Crippen LogP contribution in [0.25, 0.3) is 6.08 Å². The lowest BCUT2D eigenvalue weighted by molar-refractivity contribution is 0.104. The number of allylic oxidation sites excluding steroid dienone is 1. The van der Waals surface area contributed by atoms with Gasteiger partial charge in [0.1, 0.15) is 5.75 Å². The number of carbonyl (C=O) groups excluding carboxylic acids is 1. The van der Waals surface area contributed by atoms with Crippen molar-refractivity contribution in [2.75, 3.05) is 0 Å². The monoisotopic (exact) mass is 298 g/mol. The van der Waals surface area contributed by atoms with Crippen molar-refractivity contribution in [3.05, 3.63) is 52.9 Å². The molecule has 0 spiro atoms. The Morgan fingerprint density at radius 1 is 1.23 bits per heavy atom.